The highest BCUT2D eigenvalue weighted by atomic mass is 79.9. The van der Waals surface area contributed by atoms with Crippen molar-refractivity contribution in [1.29, 1.82) is 5.26 Å². The molecular formula is C15H20BrN3O2. The lowest BCUT2D eigenvalue weighted by Crippen LogP contribution is -2.29. The topological polar surface area (TPSA) is 74.2 Å². The summed E-state index contributed by atoms with van der Waals surface area (Å²) in [7, 11) is 0. The van der Waals surface area contributed by atoms with Gasteiger partial charge in [0.15, 0.2) is 6.61 Å². The molecule has 2 N–H and O–H groups in total. The van der Waals surface area contributed by atoms with E-state index in [0.29, 0.717) is 25.3 Å². The maximum Gasteiger partial charge on any atom is 0.257 e. The molecule has 21 heavy (non-hydrogen) atoms. The highest BCUT2D eigenvalue weighted by Crippen LogP contribution is 2.29. The van der Waals surface area contributed by atoms with Gasteiger partial charge in [0.2, 0.25) is 0 Å². The molecule has 1 aromatic carbocycles. The zero-order chi connectivity index (χ0) is 15.5. The van der Waals surface area contributed by atoms with Gasteiger partial charge in [-0.25, -0.2) is 0 Å². The normalized spacial score (nSPS) is 9.95. The number of nitriles is 1. The van der Waals surface area contributed by atoms with Crippen LogP contribution in [0.2, 0.25) is 0 Å². The Morgan fingerprint density at radius 1 is 1.43 bits per heavy atom. The summed E-state index contributed by atoms with van der Waals surface area (Å²) in [4.78, 5) is 11.6. The third kappa shape index (κ3) is 6.61. The van der Waals surface area contributed by atoms with Crippen LogP contribution in [0.15, 0.2) is 22.7 Å². The molecule has 0 fully saturated rings. The van der Waals surface area contributed by atoms with Crippen molar-refractivity contribution in [1.82, 2.24) is 10.6 Å². The Hall–Kier alpha value is -1.58. The molecule has 0 aromatic heterocycles. The van der Waals surface area contributed by atoms with E-state index in [1.807, 2.05) is 24.3 Å². The first-order valence-corrected chi connectivity index (χ1v) is 7.72. The average molecular weight is 354 g/mol. The number of hydrogen-bond donors (Lipinski definition) is 2. The van der Waals surface area contributed by atoms with Crippen molar-refractivity contribution in [2.45, 2.75) is 26.3 Å². The van der Waals surface area contributed by atoms with Gasteiger partial charge in [0.25, 0.3) is 5.91 Å². The third-order valence-corrected chi connectivity index (χ3v) is 3.32. The van der Waals surface area contributed by atoms with Gasteiger partial charge in [0.1, 0.15) is 5.75 Å². The largest absolute Gasteiger partial charge is 0.482 e. The summed E-state index contributed by atoms with van der Waals surface area (Å²) in [6.45, 7) is 4.02. The summed E-state index contributed by atoms with van der Waals surface area (Å²) in [6, 6.07) is 7.76. The van der Waals surface area contributed by atoms with Gasteiger partial charge in [-0.05, 0) is 35.0 Å². The first kappa shape index (κ1) is 17.5. The lowest BCUT2D eigenvalue weighted by atomic mass is 10.2. The van der Waals surface area contributed by atoms with Crippen molar-refractivity contribution in [3.8, 4) is 11.8 Å². The Morgan fingerprint density at radius 2 is 2.24 bits per heavy atom. The van der Waals surface area contributed by atoms with Gasteiger partial charge in [-0.1, -0.05) is 19.1 Å². The van der Waals surface area contributed by atoms with Gasteiger partial charge in [-0.2, -0.15) is 5.26 Å². The molecule has 0 heterocycles. The second-order valence-corrected chi connectivity index (χ2v) is 5.31. The minimum Gasteiger partial charge on any atom is -0.482 e. The molecule has 6 heteroatoms. The minimum atomic E-state index is -0.228. The molecule has 0 atom stereocenters. The standard InChI is InChI=1S/C15H20BrN3O2/c1-2-8-18-10-12-5-3-6-13(16)15(12)21-11-14(20)19-9-4-7-17/h3,5-6,18H,2,4,8-11H2,1H3,(H,19,20). The molecule has 114 valence electrons. The number of nitrogens with one attached hydrogen (secondary N) is 2. The predicted molar refractivity (Wildman–Crippen MR) is 84.9 cm³/mol. The molecule has 0 aliphatic rings. The zero-order valence-corrected chi connectivity index (χ0v) is 13.7. The van der Waals surface area contributed by atoms with Crippen LogP contribution < -0.4 is 15.4 Å². The van der Waals surface area contributed by atoms with Crippen molar-refractivity contribution in [3.63, 3.8) is 0 Å². The molecule has 1 rings (SSSR count). The quantitative estimate of drug-likeness (QED) is 0.668. The summed E-state index contributed by atoms with van der Waals surface area (Å²) in [6.07, 6.45) is 1.36. The number of amides is 1. The Balaban J connectivity index is 2.56. The van der Waals surface area contributed by atoms with Crippen LogP contribution in [0.5, 0.6) is 5.75 Å². The number of halogens is 1. The monoisotopic (exact) mass is 353 g/mol. The highest BCUT2D eigenvalue weighted by Gasteiger charge is 2.10. The number of carbonyl (C=O) groups is 1. The fourth-order valence-electron chi connectivity index (χ4n) is 1.70. The second kappa shape index (κ2) is 10.2. The molecule has 5 nitrogen and oxygen atoms in total. The van der Waals surface area contributed by atoms with Crippen LogP contribution in [0.3, 0.4) is 0 Å². The maximum absolute atomic E-state index is 11.6. The molecule has 0 bridgehead atoms. The van der Waals surface area contributed by atoms with Gasteiger partial charge in [-0.15, -0.1) is 0 Å². The molecule has 0 radical (unpaired) electrons. The van der Waals surface area contributed by atoms with Crippen molar-refractivity contribution in [2.75, 3.05) is 19.7 Å². The molecule has 0 spiro atoms. The summed E-state index contributed by atoms with van der Waals surface area (Å²) in [5.74, 6) is 0.449. The van der Waals surface area contributed by atoms with Gasteiger partial charge >= 0.3 is 0 Å². The first-order valence-electron chi connectivity index (χ1n) is 6.93. The molecule has 0 saturated heterocycles. The molecule has 0 unspecified atom stereocenters. The van der Waals surface area contributed by atoms with Crippen molar-refractivity contribution < 1.29 is 9.53 Å². The van der Waals surface area contributed by atoms with Crippen molar-refractivity contribution in [3.05, 3.63) is 28.2 Å². The van der Waals surface area contributed by atoms with E-state index in [0.717, 1.165) is 23.0 Å². The zero-order valence-electron chi connectivity index (χ0n) is 12.1. The lowest BCUT2D eigenvalue weighted by molar-refractivity contribution is -0.123. The predicted octanol–water partition coefficient (Wildman–Crippen LogP) is 2.36. The van der Waals surface area contributed by atoms with Crippen LogP contribution >= 0.6 is 15.9 Å². The van der Waals surface area contributed by atoms with Gasteiger partial charge in [0.05, 0.1) is 17.0 Å². The number of rotatable bonds is 9. The Bertz CT molecular complexity index is 500. The summed E-state index contributed by atoms with van der Waals surface area (Å²) in [5.41, 5.74) is 1.00. The lowest BCUT2D eigenvalue weighted by Gasteiger charge is -2.13. The van der Waals surface area contributed by atoms with Gasteiger partial charge in [0, 0.05) is 18.7 Å². The van der Waals surface area contributed by atoms with Crippen LogP contribution in [0.25, 0.3) is 0 Å². The number of carbonyl (C=O) groups excluding carboxylic acids is 1. The SMILES string of the molecule is CCCNCc1cccc(Br)c1OCC(=O)NCCC#N. The van der Waals surface area contributed by atoms with Crippen LogP contribution in [-0.4, -0.2) is 25.6 Å². The van der Waals surface area contributed by atoms with Gasteiger partial charge < -0.3 is 15.4 Å². The number of nitrogens with zero attached hydrogens (tertiary/aromatic N) is 1. The first-order chi connectivity index (χ1) is 10.2. The summed E-state index contributed by atoms with van der Waals surface area (Å²) in [5, 5.41) is 14.4. The van der Waals surface area contributed by atoms with Crippen LogP contribution in [0, 0.1) is 11.3 Å². The van der Waals surface area contributed by atoms with Crippen molar-refractivity contribution >= 4 is 21.8 Å². The van der Waals surface area contributed by atoms with Crippen LogP contribution in [0.1, 0.15) is 25.3 Å². The minimum absolute atomic E-state index is 0.0607. The smallest absolute Gasteiger partial charge is 0.257 e. The Morgan fingerprint density at radius 3 is 2.95 bits per heavy atom. The Kier molecular flexibility index (Phi) is 8.48. The van der Waals surface area contributed by atoms with E-state index in [9.17, 15) is 4.79 Å². The molecular weight excluding hydrogens is 334 g/mol. The van der Waals surface area contributed by atoms with E-state index in [1.54, 1.807) is 0 Å². The van der Waals surface area contributed by atoms with E-state index in [2.05, 4.69) is 33.5 Å². The van der Waals surface area contributed by atoms with E-state index in [-0.39, 0.29) is 12.5 Å². The molecule has 0 saturated carbocycles. The number of ether oxygens (including phenoxy) is 1. The third-order valence-electron chi connectivity index (χ3n) is 2.70. The number of benzene rings is 1. The average Bonchev–Trinajstić information content (AvgIpc) is 2.47. The van der Waals surface area contributed by atoms with E-state index < -0.39 is 0 Å². The van der Waals surface area contributed by atoms with E-state index >= 15 is 0 Å². The van der Waals surface area contributed by atoms with E-state index in [1.165, 1.54) is 0 Å². The summed E-state index contributed by atoms with van der Waals surface area (Å²) >= 11 is 3.44. The fourth-order valence-corrected chi connectivity index (χ4v) is 2.22. The molecule has 1 aromatic rings. The number of para-hydroxylation sites is 1. The van der Waals surface area contributed by atoms with Crippen molar-refractivity contribution in [2.24, 2.45) is 0 Å². The van der Waals surface area contributed by atoms with Crippen LogP contribution in [-0.2, 0) is 11.3 Å². The van der Waals surface area contributed by atoms with Gasteiger partial charge in [-0.3, -0.25) is 4.79 Å². The molecule has 0 aliphatic heterocycles. The second-order valence-electron chi connectivity index (χ2n) is 4.45. The number of hydrogen-bond acceptors (Lipinski definition) is 4. The summed E-state index contributed by atoms with van der Waals surface area (Å²) < 4.78 is 6.43. The Labute approximate surface area is 133 Å². The molecule has 0 aliphatic carbocycles. The highest BCUT2D eigenvalue weighted by molar-refractivity contribution is 9.10. The van der Waals surface area contributed by atoms with Crippen LogP contribution in [0.4, 0.5) is 0 Å². The maximum atomic E-state index is 11.6. The van der Waals surface area contributed by atoms with E-state index in [4.69, 9.17) is 10.00 Å². The fraction of sp³-hybridized carbons (Fsp3) is 0.467. The molecule has 1 amide bonds.